The monoisotopic (exact) mass is 688 g/mol. The van der Waals surface area contributed by atoms with Gasteiger partial charge in [0.2, 0.25) is 0 Å². The third-order valence-electron chi connectivity index (χ3n) is 10.1. The number of nitrogens with zero attached hydrogens (tertiary/aromatic N) is 4. The van der Waals surface area contributed by atoms with Crippen LogP contribution in [0.3, 0.4) is 0 Å². The molecule has 0 spiro atoms. The molecule has 4 heteroatoms. The van der Waals surface area contributed by atoms with E-state index >= 15 is 0 Å². The first kappa shape index (κ1) is 31.4. The molecule has 0 N–H and O–H groups in total. The molecule has 252 valence electrons. The van der Waals surface area contributed by atoms with Crippen molar-refractivity contribution < 1.29 is 0 Å². The van der Waals surface area contributed by atoms with Crippen LogP contribution in [-0.2, 0) is 0 Å². The molecule has 8 aromatic carbocycles. The highest BCUT2D eigenvalue weighted by Crippen LogP contribution is 2.39. The number of rotatable bonds is 6. The standard InChI is InChI=1S/C50H32N4/c1-4-13-35(14-5-1)44-32-46(42-27-22-33-12-10-11-19-40(33)30-42)51-45-29-28-36-23-26-41(31-43(36)47(44)45)34-20-24-39(25-21-34)50-53-48(37-15-6-2-7-16-37)52-49(54-50)38-17-8-3-9-18-38/h1-32H. The van der Waals surface area contributed by atoms with E-state index in [9.17, 15) is 0 Å². The van der Waals surface area contributed by atoms with E-state index in [2.05, 4.69) is 133 Å². The van der Waals surface area contributed by atoms with Gasteiger partial charge in [0.25, 0.3) is 0 Å². The van der Waals surface area contributed by atoms with Gasteiger partial charge in [0.05, 0.1) is 11.2 Å². The van der Waals surface area contributed by atoms with Crippen LogP contribution in [0.4, 0.5) is 0 Å². The van der Waals surface area contributed by atoms with Gasteiger partial charge in [-0.25, -0.2) is 19.9 Å². The lowest BCUT2D eigenvalue weighted by Gasteiger charge is -2.14. The molecule has 0 atom stereocenters. The van der Waals surface area contributed by atoms with Crippen LogP contribution in [0, 0.1) is 0 Å². The Morgan fingerprint density at radius 2 is 0.759 bits per heavy atom. The second-order valence-electron chi connectivity index (χ2n) is 13.5. The Kier molecular flexibility index (Phi) is 7.77. The minimum atomic E-state index is 0.638. The van der Waals surface area contributed by atoms with Gasteiger partial charge in [0, 0.05) is 27.6 Å². The lowest BCUT2D eigenvalue weighted by atomic mass is 9.92. The molecule has 0 fully saturated rings. The molecule has 0 bridgehead atoms. The van der Waals surface area contributed by atoms with Gasteiger partial charge in [-0.2, -0.15) is 0 Å². The zero-order valence-electron chi connectivity index (χ0n) is 29.3. The Morgan fingerprint density at radius 3 is 1.41 bits per heavy atom. The van der Waals surface area contributed by atoms with Crippen LogP contribution in [0.25, 0.3) is 100 Å². The fourth-order valence-electron chi connectivity index (χ4n) is 7.33. The van der Waals surface area contributed by atoms with Gasteiger partial charge in [0.1, 0.15) is 0 Å². The van der Waals surface area contributed by atoms with E-state index in [0.29, 0.717) is 17.5 Å². The van der Waals surface area contributed by atoms with Crippen molar-refractivity contribution in [2.24, 2.45) is 0 Å². The predicted molar refractivity (Wildman–Crippen MR) is 223 cm³/mol. The molecular formula is C50H32N4. The summed E-state index contributed by atoms with van der Waals surface area (Å²) in [4.78, 5) is 20.0. The van der Waals surface area contributed by atoms with Crippen LogP contribution in [0.2, 0.25) is 0 Å². The number of fused-ring (bicyclic) bond motifs is 4. The molecule has 0 aliphatic rings. The highest BCUT2D eigenvalue weighted by molar-refractivity contribution is 6.14. The topological polar surface area (TPSA) is 51.6 Å². The van der Waals surface area contributed by atoms with Gasteiger partial charge >= 0.3 is 0 Å². The van der Waals surface area contributed by atoms with Gasteiger partial charge in [-0.3, -0.25) is 0 Å². The van der Waals surface area contributed by atoms with E-state index in [1.165, 1.54) is 27.1 Å². The first-order valence-electron chi connectivity index (χ1n) is 18.1. The summed E-state index contributed by atoms with van der Waals surface area (Å²) in [6.07, 6.45) is 0. The van der Waals surface area contributed by atoms with Crippen LogP contribution in [0.5, 0.6) is 0 Å². The molecule has 0 unspecified atom stereocenters. The number of hydrogen-bond acceptors (Lipinski definition) is 4. The van der Waals surface area contributed by atoms with Crippen LogP contribution in [0.1, 0.15) is 0 Å². The Bertz CT molecular complexity index is 2900. The summed E-state index contributed by atoms with van der Waals surface area (Å²) >= 11 is 0. The second-order valence-corrected chi connectivity index (χ2v) is 13.5. The first-order valence-corrected chi connectivity index (χ1v) is 18.1. The van der Waals surface area contributed by atoms with Crippen molar-refractivity contribution in [2.75, 3.05) is 0 Å². The molecule has 4 nitrogen and oxygen atoms in total. The Balaban J connectivity index is 1.08. The quantitative estimate of drug-likeness (QED) is 0.163. The molecule has 54 heavy (non-hydrogen) atoms. The van der Waals surface area contributed by atoms with Crippen molar-refractivity contribution in [3.63, 3.8) is 0 Å². The number of benzene rings is 8. The number of hydrogen-bond donors (Lipinski definition) is 0. The zero-order valence-corrected chi connectivity index (χ0v) is 29.3. The summed E-state index contributed by atoms with van der Waals surface area (Å²) in [6.45, 7) is 0. The van der Waals surface area contributed by atoms with E-state index in [4.69, 9.17) is 19.9 Å². The van der Waals surface area contributed by atoms with Gasteiger partial charge in [-0.15, -0.1) is 0 Å². The van der Waals surface area contributed by atoms with Crippen LogP contribution < -0.4 is 0 Å². The normalized spacial score (nSPS) is 11.3. The van der Waals surface area contributed by atoms with Crippen LogP contribution in [-0.4, -0.2) is 19.9 Å². The minimum absolute atomic E-state index is 0.638. The molecule has 10 rings (SSSR count). The first-order chi connectivity index (χ1) is 26.7. The van der Waals surface area contributed by atoms with Gasteiger partial charge in [0.15, 0.2) is 17.5 Å². The van der Waals surface area contributed by atoms with Gasteiger partial charge in [-0.05, 0) is 68.1 Å². The fraction of sp³-hybridized carbons (Fsp3) is 0. The van der Waals surface area contributed by atoms with E-state index in [1.807, 2.05) is 60.7 Å². The van der Waals surface area contributed by atoms with Crippen LogP contribution in [0.15, 0.2) is 194 Å². The van der Waals surface area contributed by atoms with E-state index in [1.54, 1.807) is 0 Å². The molecule has 2 aromatic heterocycles. The molecule has 0 aliphatic carbocycles. The van der Waals surface area contributed by atoms with Crippen molar-refractivity contribution in [1.82, 2.24) is 19.9 Å². The Labute approximate surface area is 313 Å². The highest BCUT2D eigenvalue weighted by atomic mass is 15.0. The molecular weight excluding hydrogens is 657 g/mol. The third kappa shape index (κ3) is 5.86. The van der Waals surface area contributed by atoms with Crippen LogP contribution >= 0.6 is 0 Å². The average Bonchev–Trinajstić information content (AvgIpc) is 3.26. The zero-order chi connectivity index (χ0) is 35.8. The summed E-state index contributed by atoms with van der Waals surface area (Å²) in [6, 6.07) is 67.7. The lowest BCUT2D eigenvalue weighted by Crippen LogP contribution is -2.00. The van der Waals surface area contributed by atoms with Gasteiger partial charge in [-0.1, -0.05) is 170 Å². The van der Waals surface area contributed by atoms with Crippen molar-refractivity contribution in [3.8, 4) is 67.7 Å². The van der Waals surface area contributed by atoms with Crippen molar-refractivity contribution in [1.29, 1.82) is 0 Å². The number of aromatic nitrogens is 4. The minimum Gasteiger partial charge on any atom is -0.248 e. The molecule has 0 radical (unpaired) electrons. The Morgan fingerprint density at radius 1 is 0.278 bits per heavy atom. The molecule has 0 saturated heterocycles. The average molecular weight is 689 g/mol. The summed E-state index contributed by atoms with van der Waals surface area (Å²) in [5, 5.41) is 5.92. The maximum Gasteiger partial charge on any atom is 0.164 e. The SMILES string of the molecule is c1ccc(-c2nc(-c3ccccc3)nc(-c3ccc(-c4ccc5ccc6nc(-c7ccc8ccccc8c7)cc(-c7ccccc7)c6c5c4)cc3)n2)cc1. The highest BCUT2D eigenvalue weighted by Gasteiger charge is 2.15. The van der Waals surface area contributed by atoms with E-state index < -0.39 is 0 Å². The molecule has 0 amide bonds. The van der Waals surface area contributed by atoms with Gasteiger partial charge < -0.3 is 0 Å². The molecule has 0 aliphatic heterocycles. The number of pyridine rings is 1. The third-order valence-corrected chi connectivity index (χ3v) is 10.1. The largest absolute Gasteiger partial charge is 0.248 e. The summed E-state index contributed by atoms with van der Waals surface area (Å²) in [5.41, 5.74) is 10.4. The molecule has 10 aromatic rings. The molecule has 0 saturated carbocycles. The van der Waals surface area contributed by atoms with Crippen molar-refractivity contribution in [2.45, 2.75) is 0 Å². The smallest absolute Gasteiger partial charge is 0.164 e. The summed E-state index contributed by atoms with van der Waals surface area (Å²) in [5.74, 6) is 1.94. The Hall–Kier alpha value is -7.30. The van der Waals surface area contributed by atoms with E-state index in [-0.39, 0.29) is 0 Å². The predicted octanol–water partition coefficient (Wildman–Crippen LogP) is 12.7. The second kappa shape index (κ2) is 13.4. The maximum absolute atomic E-state index is 5.28. The maximum atomic E-state index is 5.28. The summed E-state index contributed by atoms with van der Waals surface area (Å²) < 4.78 is 0. The van der Waals surface area contributed by atoms with Crippen molar-refractivity contribution >= 4 is 32.4 Å². The van der Waals surface area contributed by atoms with E-state index in [0.717, 1.165) is 55.5 Å². The fourth-order valence-corrected chi connectivity index (χ4v) is 7.33. The summed E-state index contributed by atoms with van der Waals surface area (Å²) in [7, 11) is 0. The van der Waals surface area contributed by atoms with Crippen molar-refractivity contribution in [3.05, 3.63) is 194 Å². The molecule has 2 heterocycles. The lowest BCUT2D eigenvalue weighted by molar-refractivity contribution is 1.07.